The van der Waals surface area contributed by atoms with Crippen molar-refractivity contribution in [1.29, 1.82) is 0 Å². The van der Waals surface area contributed by atoms with Gasteiger partial charge in [0.25, 0.3) is 0 Å². The second-order valence-electron chi connectivity index (χ2n) is 10.0. The number of likely N-dealkylation sites (tertiary alicyclic amines) is 1. The Kier molecular flexibility index (Phi) is 2.20. The number of hydrogen-bond donors (Lipinski definition) is 1. The number of rotatable bonds is 2. The zero-order valence-electron chi connectivity index (χ0n) is 14.7. The highest BCUT2D eigenvalue weighted by atomic mass is 16.2. The molecule has 2 aliphatic heterocycles. The number of amides is 1. The van der Waals surface area contributed by atoms with Crippen LogP contribution in [0.15, 0.2) is 30.3 Å². The van der Waals surface area contributed by atoms with Crippen LogP contribution in [0.25, 0.3) is 0 Å². The highest BCUT2D eigenvalue weighted by Gasteiger charge is 2.95. The Balaban J connectivity index is 1.24. The molecule has 1 aromatic rings. The van der Waals surface area contributed by atoms with Gasteiger partial charge in [0.2, 0.25) is 5.91 Å². The molecule has 7 unspecified atom stereocenters. The molecule has 130 valence electrons. The summed E-state index contributed by atoms with van der Waals surface area (Å²) in [6, 6.07) is 11.2. The van der Waals surface area contributed by atoms with E-state index in [0.29, 0.717) is 28.6 Å². The van der Waals surface area contributed by atoms with E-state index in [2.05, 4.69) is 40.5 Å². The fourth-order valence-electron chi connectivity index (χ4n) is 9.04. The van der Waals surface area contributed by atoms with Gasteiger partial charge in [-0.3, -0.25) is 4.79 Å². The summed E-state index contributed by atoms with van der Waals surface area (Å²) < 4.78 is 0. The van der Waals surface area contributed by atoms with E-state index in [-0.39, 0.29) is 5.41 Å². The van der Waals surface area contributed by atoms with Gasteiger partial charge in [-0.05, 0) is 54.9 Å². The predicted octanol–water partition coefficient (Wildman–Crippen LogP) is 2.42. The molecule has 3 heteroatoms. The Morgan fingerprint density at radius 1 is 1.04 bits per heavy atom. The zero-order valence-corrected chi connectivity index (χ0v) is 14.7. The molecular weight excluding hydrogens is 308 g/mol. The van der Waals surface area contributed by atoms with Crippen LogP contribution in [0, 0.1) is 34.5 Å². The van der Waals surface area contributed by atoms with Crippen LogP contribution in [0.2, 0.25) is 0 Å². The summed E-state index contributed by atoms with van der Waals surface area (Å²) in [7, 11) is 0. The summed E-state index contributed by atoms with van der Waals surface area (Å²) in [6.07, 6.45) is 5.08. The first-order valence-electron chi connectivity index (χ1n) is 10.3. The first-order chi connectivity index (χ1) is 12.2. The van der Waals surface area contributed by atoms with Gasteiger partial charge in [0.15, 0.2) is 0 Å². The Hall–Kier alpha value is -1.35. The molecule has 7 rings (SSSR count). The molecule has 1 N–H and O–H groups in total. The number of nitrogens with zero attached hydrogens (tertiary/aromatic N) is 1. The van der Waals surface area contributed by atoms with Crippen LogP contribution >= 0.6 is 0 Å². The normalized spacial score (nSPS) is 53.5. The van der Waals surface area contributed by atoms with Crippen molar-refractivity contribution in [1.82, 2.24) is 10.2 Å². The number of hydrogen-bond acceptors (Lipinski definition) is 2. The van der Waals surface area contributed by atoms with E-state index < -0.39 is 0 Å². The van der Waals surface area contributed by atoms with E-state index in [4.69, 9.17) is 0 Å². The predicted molar refractivity (Wildman–Crippen MR) is 94.9 cm³/mol. The number of carbonyl (C=O) groups is 1. The van der Waals surface area contributed by atoms with E-state index in [1.807, 2.05) is 0 Å². The second-order valence-corrected chi connectivity index (χ2v) is 10.0. The maximum absolute atomic E-state index is 13.7. The lowest BCUT2D eigenvalue weighted by atomic mass is 9.07. The molecule has 2 saturated heterocycles. The monoisotopic (exact) mass is 334 g/mol. The number of nitrogens with one attached hydrogen (secondary N) is 1. The molecule has 1 aromatic carbocycles. The molecule has 4 aliphatic carbocycles. The van der Waals surface area contributed by atoms with Crippen molar-refractivity contribution in [3.8, 4) is 0 Å². The Labute approximate surface area is 149 Å². The van der Waals surface area contributed by atoms with Gasteiger partial charge in [0.1, 0.15) is 0 Å². The Bertz CT molecular complexity index is 774. The third-order valence-electron chi connectivity index (χ3n) is 9.65. The van der Waals surface area contributed by atoms with Crippen LogP contribution in [0.1, 0.15) is 31.2 Å². The first kappa shape index (κ1) is 13.8. The topological polar surface area (TPSA) is 32.3 Å². The van der Waals surface area contributed by atoms with Gasteiger partial charge < -0.3 is 10.2 Å². The molecular formula is C22H26N2O. The SMILES string of the molecule is O=C(N1CC2CNCC2C1)C12CC3CC4CC(c5ccccc5)(C1)C342. The summed E-state index contributed by atoms with van der Waals surface area (Å²) >= 11 is 0. The van der Waals surface area contributed by atoms with E-state index in [1.54, 1.807) is 0 Å². The lowest BCUT2D eigenvalue weighted by molar-refractivity contribution is -0.432. The average molecular weight is 334 g/mol. The zero-order chi connectivity index (χ0) is 16.4. The molecule has 0 radical (unpaired) electrons. The molecule has 1 spiro atoms. The molecule has 0 bridgehead atoms. The van der Waals surface area contributed by atoms with Crippen LogP contribution in [-0.2, 0) is 10.2 Å². The van der Waals surface area contributed by atoms with Gasteiger partial charge in [-0.2, -0.15) is 0 Å². The highest BCUT2D eigenvalue weighted by Crippen LogP contribution is 2.97. The van der Waals surface area contributed by atoms with E-state index in [0.717, 1.165) is 44.4 Å². The largest absolute Gasteiger partial charge is 0.342 e. The summed E-state index contributed by atoms with van der Waals surface area (Å²) in [5.41, 5.74) is 2.28. The van der Waals surface area contributed by atoms with Crippen LogP contribution < -0.4 is 5.32 Å². The van der Waals surface area contributed by atoms with E-state index >= 15 is 0 Å². The van der Waals surface area contributed by atoms with Crippen molar-refractivity contribution in [2.24, 2.45) is 34.5 Å². The quantitative estimate of drug-likeness (QED) is 0.901. The van der Waals surface area contributed by atoms with Gasteiger partial charge in [-0.25, -0.2) is 0 Å². The summed E-state index contributed by atoms with van der Waals surface area (Å²) in [5, 5.41) is 3.50. The van der Waals surface area contributed by atoms with Gasteiger partial charge >= 0.3 is 0 Å². The molecule has 25 heavy (non-hydrogen) atoms. The lowest BCUT2D eigenvalue weighted by Gasteiger charge is -2.95. The Morgan fingerprint density at radius 2 is 1.76 bits per heavy atom. The maximum atomic E-state index is 13.7. The van der Waals surface area contributed by atoms with Crippen molar-refractivity contribution in [3.05, 3.63) is 35.9 Å². The standard InChI is InChI=1S/C22H26N2O/c25-19(24-11-14-9-23-10-15(14)12-24)21-8-18-6-17-7-20(13-21,22(17,18)21)16-4-2-1-3-5-16/h1-5,14-15,17-18,23H,6-13H2. The fourth-order valence-corrected chi connectivity index (χ4v) is 9.04. The van der Waals surface area contributed by atoms with E-state index in [9.17, 15) is 4.79 Å². The van der Waals surface area contributed by atoms with Crippen LogP contribution in [-0.4, -0.2) is 37.0 Å². The third-order valence-corrected chi connectivity index (χ3v) is 9.65. The fraction of sp³-hybridized carbons (Fsp3) is 0.682. The van der Waals surface area contributed by atoms with Crippen molar-refractivity contribution in [3.63, 3.8) is 0 Å². The Morgan fingerprint density at radius 3 is 2.44 bits per heavy atom. The second kappa shape index (κ2) is 3.98. The molecule has 7 atom stereocenters. The van der Waals surface area contributed by atoms with Crippen molar-refractivity contribution in [2.45, 2.75) is 31.1 Å². The highest BCUT2D eigenvalue weighted by molar-refractivity contribution is 5.90. The first-order valence-corrected chi connectivity index (χ1v) is 10.3. The van der Waals surface area contributed by atoms with Crippen LogP contribution in [0.4, 0.5) is 0 Å². The number of carbonyl (C=O) groups excluding carboxylic acids is 1. The number of benzene rings is 1. The molecule has 6 aliphatic rings. The molecule has 3 nitrogen and oxygen atoms in total. The number of fused-ring (bicyclic) bond motifs is 1. The van der Waals surface area contributed by atoms with E-state index in [1.165, 1.54) is 24.8 Å². The van der Waals surface area contributed by atoms with Crippen LogP contribution in [0.5, 0.6) is 0 Å². The minimum atomic E-state index is 0.0285. The summed E-state index contributed by atoms with van der Waals surface area (Å²) in [4.78, 5) is 16.0. The van der Waals surface area contributed by atoms with Gasteiger partial charge in [0, 0.05) is 37.0 Å². The van der Waals surface area contributed by atoms with Crippen molar-refractivity contribution in [2.75, 3.05) is 26.2 Å². The third kappa shape index (κ3) is 1.18. The van der Waals surface area contributed by atoms with Gasteiger partial charge in [-0.1, -0.05) is 30.3 Å². The van der Waals surface area contributed by atoms with Crippen LogP contribution in [0.3, 0.4) is 0 Å². The van der Waals surface area contributed by atoms with Crippen molar-refractivity contribution < 1.29 is 4.79 Å². The minimum Gasteiger partial charge on any atom is -0.342 e. The summed E-state index contributed by atoms with van der Waals surface area (Å²) in [6.45, 7) is 4.27. The molecule has 0 aromatic heterocycles. The van der Waals surface area contributed by atoms with Crippen molar-refractivity contribution >= 4 is 5.91 Å². The molecule has 4 saturated carbocycles. The average Bonchev–Trinajstić information content (AvgIpc) is 3.14. The minimum absolute atomic E-state index is 0.0285. The molecule has 1 amide bonds. The summed E-state index contributed by atoms with van der Waals surface area (Å²) in [5.74, 6) is 3.66. The lowest BCUT2D eigenvalue weighted by Crippen LogP contribution is -2.94. The molecule has 2 heterocycles. The smallest absolute Gasteiger partial charge is 0.229 e. The van der Waals surface area contributed by atoms with Gasteiger partial charge in [-0.15, -0.1) is 0 Å². The maximum Gasteiger partial charge on any atom is 0.229 e. The van der Waals surface area contributed by atoms with Gasteiger partial charge in [0.05, 0.1) is 5.41 Å². The molecule has 6 fully saturated rings.